The quantitative estimate of drug-likeness (QED) is 0.212. The fourth-order valence-corrected chi connectivity index (χ4v) is 4.39. The lowest BCUT2D eigenvalue weighted by Gasteiger charge is -2.36. The van der Waals surface area contributed by atoms with Crippen LogP contribution in [0.1, 0.15) is 56.9 Å². The van der Waals surface area contributed by atoms with Gasteiger partial charge in [-0.05, 0) is 88.6 Å². The zero-order chi connectivity index (χ0) is 24.3. The maximum Gasteiger partial charge on any atom is 0.416 e. The second-order valence-electron chi connectivity index (χ2n) is 8.88. The first-order valence-corrected chi connectivity index (χ1v) is 12.2. The van der Waals surface area contributed by atoms with Crippen molar-refractivity contribution in [3.8, 4) is 0 Å². The zero-order valence-corrected chi connectivity index (χ0v) is 20.7. The highest BCUT2D eigenvalue weighted by Gasteiger charge is 2.30. The fourth-order valence-electron chi connectivity index (χ4n) is 4.12. The molecule has 33 heavy (non-hydrogen) atoms. The van der Waals surface area contributed by atoms with Gasteiger partial charge in [-0.3, -0.25) is 0 Å². The predicted octanol–water partition coefficient (Wildman–Crippen LogP) is 6.34. The van der Waals surface area contributed by atoms with E-state index < -0.39 is 11.7 Å². The smallest absolute Gasteiger partial charge is 0.378 e. The van der Waals surface area contributed by atoms with Crippen LogP contribution in [-0.2, 0) is 10.9 Å². The molecule has 1 saturated carbocycles. The summed E-state index contributed by atoms with van der Waals surface area (Å²) in [4.78, 5) is 4.30. The number of anilines is 1. The third kappa shape index (κ3) is 10.0. The molecule has 0 aliphatic heterocycles. The van der Waals surface area contributed by atoms with Crippen LogP contribution < -0.4 is 5.32 Å². The van der Waals surface area contributed by atoms with E-state index in [-0.39, 0.29) is 0 Å². The maximum absolute atomic E-state index is 12.7. The van der Waals surface area contributed by atoms with Crippen LogP contribution in [0.25, 0.3) is 0 Å². The minimum Gasteiger partial charge on any atom is -0.378 e. The Morgan fingerprint density at radius 3 is 2.33 bits per heavy atom. The summed E-state index contributed by atoms with van der Waals surface area (Å²) in [6.07, 6.45) is 6.64. The topological polar surface area (TPSA) is 27.7 Å². The van der Waals surface area contributed by atoms with E-state index in [1.54, 1.807) is 0 Å². The second-order valence-corrected chi connectivity index (χ2v) is 9.27. The van der Waals surface area contributed by atoms with Crippen molar-refractivity contribution in [3.63, 3.8) is 0 Å². The van der Waals surface area contributed by atoms with E-state index in [4.69, 9.17) is 17.0 Å². The van der Waals surface area contributed by atoms with Gasteiger partial charge in [0.25, 0.3) is 0 Å². The average molecular weight is 486 g/mol. The molecule has 4 nitrogen and oxygen atoms in total. The molecule has 0 aromatic heterocycles. The highest BCUT2D eigenvalue weighted by atomic mass is 32.1. The molecule has 0 unspecified atom stereocenters. The minimum absolute atomic E-state index is 0.310. The number of nitrogens with one attached hydrogen (secondary N) is 1. The number of ether oxygens (including phenoxy) is 1. The number of hydrogen-bond donors (Lipinski definition) is 1. The second kappa shape index (κ2) is 13.9. The molecule has 0 saturated heterocycles. The summed E-state index contributed by atoms with van der Waals surface area (Å²) < 4.78 is 44.2. The molecule has 1 aliphatic rings. The summed E-state index contributed by atoms with van der Waals surface area (Å²) in [6.45, 7) is 6.63. The summed E-state index contributed by atoms with van der Waals surface area (Å²) in [6, 6.07) is 5.26. The van der Waals surface area contributed by atoms with Gasteiger partial charge in [0, 0.05) is 31.9 Å². The fraction of sp³-hybridized carbons (Fsp3) is 0.640. The largest absolute Gasteiger partial charge is 0.416 e. The summed E-state index contributed by atoms with van der Waals surface area (Å²) in [5.74, 6) is 0. The van der Waals surface area contributed by atoms with E-state index in [0.717, 1.165) is 63.9 Å². The molecule has 8 heteroatoms. The van der Waals surface area contributed by atoms with Gasteiger partial charge >= 0.3 is 6.18 Å². The van der Waals surface area contributed by atoms with Crippen molar-refractivity contribution < 1.29 is 17.9 Å². The van der Waals surface area contributed by atoms with Gasteiger partial charge in [-0.2, -0.15) is 13.2 Å². The van der Waals surface area contributed by atoms with Crippen molar-refractivity contribution in [1.82, 2.24) is 9.80 Å². The van der Waals surface area contributed by atoms with Gasteiger partial charge < -0.3 is 19.9 Å². The molecule has 1 aliphatic carbocycles. The predicted molar refractivity (Wildman–Crippen MR) is 134 cm³/mol. The van der Waals surface area contributed by atoms with Gasteiger partial charge in [0.2, 0.25) is 0 Å². The van der Waals surface area contributed by atoms with Crippen LogP contribution >= 0.6 is 12.2 Å². The van der Waals surface area contributed by atoms with E-state index in [1.165, 1.54) is 31.4 Å². The Labute approximate surface area is 202 Å². The lowest BCUT2D eigenvalue weighted by molar-refractivity contribution is -0.137. The molecule has 0 radical (unpaired) electrons. The Balaban J connectivity index is 1.60. The van der Waals surface area contributed by atoms with Gasteiger partial charge in [0.1, 0.15) is 0 Å². The molecule has 1 fully saturated rings. The van der Waals surface area contributed by atoms with Crippen molar-refractivity contribution >= 4 is 23.0 Å². The summed E-state index contributed by atoms with van der Waals surface area (Å²) in [5.41, 5.74) is -0.106. The van der Waals surface area contributed by atoms with Crippen molar-refractivity contribution in [1.29, 1.82) is 0 Å². The number of hydrogen-bond acceptors (Lipinski definition) is 3. The molecule has 0 heterocycles. The zero-order valence-electron chi connectivity index (χ0n) is 19.9. The molecule has 0 bridgehead atoms. The summed E-state index contributed by atoms with van der Waals surface area (Å²) in [7, 11) is 4.06. The Bertz CT molecular complexity index is 719. The van der Waals surface area contributed by atoms with Crippen LogP contribution in [0.15, 0.2) is 36.9 Å². The van der Waals surface area contributed by atoms with Gasteiger partial charge in [-0.25, -0.2) is 0 Å². The first-order valence-electron chi connectivity index (χ1n) is 11.8. The van der Waals surface area contributed by atoms with Crippen molar-refractivity contribution in [2.75, 3.05) is 39.1 Å². The monoisotopic (exact) mass is 485 g/mol. The number of benzene rings is 1. The molecule has 2 rings (SSSR count). The number of halogens is 3. The van der Waals surface area contributed by atoms with E-state index in [1.807, 2.05) is 18.0 Å². The average Bonchev–Trinajstić information content (AvgIpc) is 2.78. The van der Waals surface area contributed by atoms with Crippen LogP contribution in [0.2, 0.25) is 0 Å². The Kier molecular flexibility index (Phi) is 11.6. The van der Waals surface area contributed by atoms with E-state index in [9.17, 15) is 13.2 Å². The number of nitrogens with zero attached hydrogens (tertiary/aromatic N) is 2. The van der Waals surface area contributed by atoms with E-state index in [0.29, 0.717) is 22.9 Å². The van der Waals surface area contributed by atoms with Crippen molar-refractivity contribution in [2.24, 2.45) is 0 Å². The van der Waals surface area contributed by atoms with Crippen molar-refractivity contribution in [2.45, 2.75) is 69.7 Å². The number of rotatable bonds is 12. The summed E-state index contributed by atoms with van der Waals surface area (Å²) >= 11 is 5.48. The van der Waals surface area contributed by atoms with Crippen molar-refractivity contribution in [3.05, 3.63) is 42.5 Å². The van der Waals surface area contributed by atoms with Gasteiger partial charge in [0.05, 0.1) is 11.7 Å². The lowest BCUT2D eigenvalue weighted by Crippen LogP contribution is -2.42. The Hall–Kier alpha value is -1.64. The van der Waals surface area contributed by atoms with Gasteiger partial charge in [0.15, 0.2) is 5.11 Å². The highest BCUT2D eigenvalue weighted by molar-refractivity contribution is 7.80. The third-order valence-corrected chi connectivity index (χ3v) is 6.59. The standard InChI is InChI=1S/C25H38F3N3OS/c1-4-17-30(2)18-7-5-6-8-19-32-23-15-13-22(14-16-23)31(3)24(33)29-21-11-9-20(10-12-21)25(26,27)28/h4,9-12,22-23H,1,5-8,13-19H2,2-3H3,(H,29,33). The van der Waals surface area contributed by atoms with E-state index >= 15 is 0 Å². The molecule has 1 aromatic rings. The first kappa shape index (κ1) is 27.6. The van der Waals surface area contributed by atoms with Crippen LogP contribution in [0, 0.1) is 0 Å². The molecule has 1 N–H and O–H groups in total. The van der Waals surface area contributed by atoms with E-state index in [2.05, 4.69) is 23.8 Å². The molecule has 186 valence electrons. The molecule has 0 atom stereocenters. The van der Waals surface area contributed by atoms with Crippen LogP contribution in [0.5, 0.6) is 0 Å². The molecular formula is C25H38F3N3OS. The van der Waals surface area contributed by atoms with Crippen LogP contribution in [0.3, 0.4) is 0 Å². The molecule has 0 spiro atoms. The molecular weight excluding hydrogens is 447 g/mol. The number of likely N-dealkylation sites (N-methyl/N-ethyl adjacent to an activating group) is 1. The Morgan fingerprint density at radius 1 is 1.09 bits per heavy atom. The number of alkyl halides is 3. The summed E-state index contributed by atoms with van der Waals surface area (Å²) in [5, 5.41) is 3.58. The third-order valence-electron chi connectivity index (χ3n) is 6.20. The lowest BCUT2D eigenvalue weighted by atomic mass is 9.92. The normalized spacial score (nSPS) is 18.8. The van der Waals surface area contributed by atoms with Gasteiger partial charge in [-0.1, -0.05) is 18.9 Å². The van der Waals surface area contributed by atoms with Crippen LogP contribution in [0.4, 0.5) is 18.9 Å². The molecule has 0 amide bonds. The maximum atomic E-state index is 12.7. The first-order chi connectivity index (χ1) is 15.7. The highest BCUT2D eigenvalue weighted by Crippen LogP contribution is 2.30. The Morgan fingerprint density at radius 2 is 1.73 bits per heavy atom. The minimum atomic E-state index is -4.33. The van der Waals surface area contributed by atoms with Gasteiger partial charge in [-0.15, -0.1) is 6.58 Å². The molecule has 1 aromatic carbocycles. The van der Waals surface area contributed by atoms with Crippen LogP contribution in [-0.4, -0.2) is 60.8 Å². The number of thiocarbonyl (C=S) groups is 1. The number of unbranched alkanes of at least 4 members (excludes halogenated alkanes) is 3. The SMILES string of the molecule is C=CCN(C)CCCCCCOC1CCC(N(C)C(=S)Nc2ccc(C(F)(F)F)cc2)CC1.